The number of fused-ring (bicyclic) bond motifs is 4. The lowest BCUT2D eigenvalue weighted by atomic mass is 9.95. The van der Waals surface area contributed by atoms with Crippen LogP contribution in [0.15, 0.2) is 67.0 Å². The Hall–Kier alpha value is -2.87. The number of benzene rings is 2. The number of pyridine rings is 1. The monoisotopic (exact) mass is 282 g/mol. The summed E-state index contributed by atoms with van der Waals surface area (Å²) in [4.78, 5) is 7.70. The van der Waals surface area contributed by atoms with Gasteiger partial charge in [0.25, 0.3) is 0 Å². The van der Waals surface area contributed by atoms with E-state index in [-0.39, 0.29) is 0 Å². The summed E-state index contributed by atoms with van der Waals surface area (Å²) in [6.07, 6.45) is 4.93. The van der Waals surface area contributed by atoms with Crippen LogP contribution in [0.1, 0.15) is 11.1 Å². The maximum Gasteiger partial charge on any atom is 0.137 e. The fraction of sp³-hybridized carbons (Fsp3) is 0.0500. The Morgan fingerprint density at radius 2 is 1.73 bits per heavy atom. The van der Waals surface area contributed by atoms with Crippen LogP contribution in [-0.2, 0) is 6.42 Å². The minimum atomic E-state index is 0.941. The summed E-state index contributed by atoms with van der Waals surface area (Å²) in [5.74, 6) is 0. The molecule has 2 heteroatoms. The first-order valence-corrected chi connectivity index (χ1v) is 7.54. The molecular weight excluding hydrogens is 268 g/mol. The van der Waals surface area contributed by atoms with Gasteiger partial charge in [-0.2, -0.15) is 0 Å². The quantitative estimate of drug-likeness (QED) is 0.470. The van der Waals surface area contributed by atoms with Crippen molar-refractivity contribution in [3.05, 3.63) is 78.1 Å². The van der Waals surface area contributed by atoms with Crippen LogP contribution in [0.25, 0.3) is 33.3 Å². The Bertz CT molecular complexity index is 1010. The summed E-state index contributed by atoms with van der Waals surface area (Å²) < 4.78 is 0. The smallest absolute Gasteiger partial charge is 0.137 e. The van der Waals surface area contributed by atoms with Crippen molar-refractivity contribution in [3.63, 3.8) is 0 Å². The van der Waals surface area contributed by atoms with Gasteiger partial charge in [0.1, 0.15) is 5.65 Å². The van der Waals surface area contributed by atoms with Crippen LogP contribution in [0.3, 0.4) is 0 Å². The van der Waals surface area contributed by atoms with Gasteiger partial charge in [-0.1, -0.05) is 42.5 Å². The van der Waals surface area contributed by atoms with Gasteiger partial charge in [0, 0.05) is 23.3 Å². The van der Waals surface area contributed by atoms with Gasteiger partial charge in [-0.25, -0.2) is 4.98 Å². The molecule has 0 bridgehead atoms. The summed E-state index contributed by atoms with van der Waals surface area (Å²) >= 11 is 0. The molecule has 0 saturated carbocycles. The molecule has 2 aromatic carbocycles. The lowest BCUT2D eigenvalue weighted by Crippen LogP contribution is -1.87. The zero-order chi connectivity index (χ0) is 14.5. The predicted molar refractivity (Wildman–Crippen MR) is 89.8 cm³/mol. The van der Waals surface area contributed by atoms with E-state index >= 15 is 0 Å². The van der Waals surface area contributed by atoms with Gasteiger partial charge in [0.15, 0.2) is 0 Å². The molecule has 0 spiro atoms. The van der Waals surface area contributed by atoms with Gasteiger partial charge >= 0.3 is 0 Å². The molecule has 0 radical (unpaired) electrons. The number of aromatic amines is 1. The van der Waals surface area contributed by atoms with E-state index in [9.17, 15) is 0 Å². The number of nitrogens with zero attached hydrogens (tertiary/aromatic N) is 1. The summed E-state index contributed by atoms with van der Waals surface area (Å²) in [7, 11) is 0. The maximum absolute atomic E-state index is 4.54. The molecule has 0 aliphatic heterocycles. The van der Waals surface area contributed by atoms with Crippen LogP contribution < -0.4 is 0 Å². The molecule has 5 rings (SSSR count). The van der Waals surface area contributed by atoms with Gasteiger partial charge in [-0.3, -0.25) is 0 Å². The fourth-order valence-electron chi connectivity index (χ4n) is 3.52. The van der Waals surface area contributed by atoms with Crippen molar-refractivity contribution in [1.82, 2.24) is 9.97 Å². The fourth-order valence-corrected chi connectivity index (χ4v) is 3.52. The average Bonchev–Trinajstić information content (AvgIpc) is 3.17. The van der Waals surface area contributed by atoms with Crippen molar-refractivity contribution in [2.24, 2.45) is 0 Å². The lowest BCUT2D eigenvalue weighted by molar-refractivity contribution is 1.26. The minimum Gasteiger partial charge on any atom is -0.346 e. The van der Waals surface area contributed by atoms with Crippen LogP contribution in [-0.4, -0.2) is 9.97 Å². The first-order valence-electron chi connectivity index (χ1n) is 7.54. The molecule has 0 fully saturated rings. The van der Waals surface area contributed by atoms with E-state index in [1.807, 2.05) is 12.4 Å². The predicted octanol–water partition coefficient (Wildman–Crippen LogP) is 4.80. The molecular formula is C20H14N2. The number of H-pyrrole nitrogens is 1. The molecule has 0 amide bonds. The second kappa shape index (κ2) is 4.31. The number of rotatable bonds is 1. The standard InChI is InChI=1S/C20H14N2/c1-2-6-17-13(4-1)10-14-5-3-7-18(19(14)17)16-11-15-8-9-21-20(15)22-12-16/h1-9,11-12H,10H2,(H,21,22). The van der Waals surface area contributed by atoms with Crippen molar-refractivity contribution in [1.29, 1.82) is 0 Å². The Labute approximate surface area is 128 Å². The first-order chi connectivity index (χ1) is 10.9. The van der Waals surface area contributed by atoms with Crippen molar-refractivity contribution < 1.29 is 0 Å². The highest BCUT2D eigenvalue weighted by Gasteiger charge is 2.21. The van der Waals surface area contributed by atoms with E-state index in [1.165, 1.54) is 33.4 Å². The second-order valence-corrected chi connectivity index (χ2v) is 5.81. The molecule has 2 aromatic heterocycles. The highest BCUT2D eigenvalue weighted by Crippen LogP contribution is 2.42. The molecule has 0 saturated heterocycles. The van der Waals surface area contributed by atoms with E-state index in [2.05, 4.69) is 64.6 Å². The average molecular weight is 282 g/mol. The van der Waals surface area contributed by atoms with Crippen molar-refractivity contribution in [3.8, 4) is 22.3 Å². The zero-order valence-electron chi connectivity index (χ0n) is 12.0. The van der Waals surface area contributed by atoms with Crippen LogP contribution in [0.2, 0.25) is 0 Å². The molecule has 1 aliphatic rings. The van der Waals surface area contributed by atoms with Crippen LogP contribution in [0.4, 0.5) is 0 Å². The number of hydrogen-bond donors (Lipinski definition) is 1. The summed E-state index contributed by atoms with van der Waals surface area (Å²) in [5.41, 5.74) is 8.96. The number of hydrogen-bond acceptors (Lipinski definition) is 1. The molecule has 0 atom stereocenters. The number of nitrogens with one attached hydrogen (secondary N) is 1. The Balaban J connectivity index is 1.79. The first kappa shape index (κ1) is 11.8. The van der Waals surface area contributed by atoms with Gasteiger partial charge in [0.2, 0.25) is 0 Å². The molecule has 4 aromatic rings. The third kappa shape index (κ3) is 1.58. The largest absolute Gasteiger partial charge is 0.346 e. The Morgan fingerprint density at radius 3 is 2.73 bits per heavy atom. The molecule has 1 N–H and O–H groups in total. The molecule has 2 nitrogen and oxygen atoms in total. The number of aromatic nitrogens is 2. The third-order valence-corrected chi connectivity index (χ3v) is 4.53. The second-order valence-electron chi connectivity index (χ2n) is 5.81. The van der Waals surface area contributed by atoms with E-state index < -0.39 is 0 Å². The van der Waals surface area contributed by atoms with Gasteiger partial charge in [0.05, 0.1) is 0 Å². The summed E-state index contributed by atoms with van der Waals surface area (Å²) in [6, 6.07) is 19.6. The van der Waals surface area contributed by atoms with Gasteiger partial charge < -0.3 is 4.98 Å². The van der Waals surface area contributed by atoms with Crippen LogP contribution in [0, 0.1) is 0 Å². The molecule has 0 unspecified atom stereocenters. The van der Waals surface area contributed by atoms with Crippen molar-refractivity contribution in [2.45, 2.75) is 6.42 Å². The van der Waals surface area contributed by atoms with Gasteiger partial charge in [-0.05, 0) is 46.4 Å². The minimum absolute atomic E-state index is 0.941. The van der Waals surface area contributed by atoms with E-state index in [1.54, 1.807) is 0 Å². The van der Waals surface area contributed by atoms with E-state index in [0.717, 1.165) is 17.5 Å². The normalized spacial score (nSPS) is 12.4. The summed E-state index contributed by atoms with van der Waals surface area (Å²) in [6.45, 7) is 0. The Morgan fingerprint density at radius 1 is 0.864 bits per heavy atom. The molecule has 2 heterocycles. The van der Waals surface area contributed by atoms with Crippen molar-refractivity contribution >= 4 is 11.0 Å². The van der Waals surface area contributed by atoms with Gasteiger partial charge in [-0.15, -0.1) is 0 Å². The van der Waals surface area contributed by atoms with Crippen LogP contribution in [0.5, 0.6) is 0 Å². The highest BCUT2D eigenvalue weighted by atomic mass is 14.8. The SMILES string of the molecule is c1ccc2c(c1)Cc1cccc(-c3cnc4[nH]ccc4c3)c1-2. The molecule has 22 heavy (non-hydrogen) atoms. The van der Waals surface area contributed by atoms with Crippen LogP contribution >= 0.6 is 0 Å². The Kier molecular flexibility index (Phi) is 2.30. The topological polar surface area (TPSA) is 28.7 Å². The zero-order valence-corrected chi connectivity index (χ0v) is 12.0. The van der Waals surface area contributed by atoms with Crippen molar-refractivity contribution in [2.75, 3.05) is 0 Å². The highest BCUT2D eigenvalue weighted by molar-refractivity contribution is 5.92. The molecule has 1 aliphatic carbocycles. The summed E-state index contributed by atoms with van der Waals surface area (Å²) in [5, 5.41) is 1.15. The van der Waals surface area contributed by atoms with E-state index in [0.29, 0.717) is 0 Å². The van der Waals surface area contributed by atoms with E-state index in [4.69, 9.17) is 0 Å². The maximum atomic E-state index is 4.54. The molecule has 104 valence electrons. The third-order valence-electron chi connectivity index (χ3n) is 4.53. The lowest BCUT2D eigenvalue weighted by Gasteiger charge is -2.10.